The first-order valence-corrected chi connectivity index (χ1v) is 6.92. The Labute approximate surface area is 114 Å². The van der Waals surface area contributed by atoms with Gasteiger partial charge in [-0.05, 0) is 38.1 Å². The summed E-state index contributed by atoms with van der Waals surface area (Å²) in [7, 11) is 0. The lowest BCUT2D eigenvalue weighted by atomic mass is 10.0. The van der Waals surface area contributed by atoms with Gasteiger partial charge in [0, 0.05) is 6.04 Å². The van der Waals surface area contributed by atoms with Crippen LogP contribution >= 0.6 is 0 Å². The number of rotatable bonds is 7. The molecule has 0 aromatic heterocycles. The van der Waals surface area contributed by atoms with Gasteiger partial charge < -0.3 is 21.5 Å². The third kappa shape index (κ3) is 5.57. The number of aliphatic carboxylic acids is 1. The minimum absolute atomic E-state index is 0.169. The standard InChI is InChI=1S/C13H25N3O3/c1-8(2)6-10(14)12(17)16-11(13(18)19)7-9-4-3-5-15-9/h8-11,15H,3-7,14H2,1-2H3,(H,16,17)(H,18,19)/t9?,10-,11?/m0/s1. The minimum Gasteiger partial charge on any atom is -0.480 e. The Morgan fingerprint density at radius 3 is 2.63 bits per heavy atom. The Hall–Kier alpha value is -1.14. The second kappa shape index (κ2) is 7.45. The molecule has 3 atom stereocenters. The first-order valence-electron chi connectivity index (χ1n) is 6.92. The van der Waals surface area contributed by atoms with Gasteiger partial charge in [-0.3, -0.25) is 4.79 Å². The Morgan fingerprint density at radius 1 is 1.47 bits per heavy atom. The van der Waals surface area contributed by atoms with Crippen molar-refractivity contribution in [2.75, 3.05) is 6.54 Å². The Kier molecular flexibility index (Phi) is 6.24. The summed E-state index contributed by atoms with van der Waals surface area (Å²) in [5.74, 6) is -1.07. The molecule has 0 aromatic rings. The molecule has 6 nitrogen and oxygen atoms in total. The molecule has 5 N–H and O–H groups in total. The van der Waals surface area contributed by atoms with E-state index in [2.05, 4.69) is 10.6 Å². The van der Waals surface area contributed by atoms with Crippen molar-refractivity contribution in [2.45, 2.75) is 57.7 Å². The number of nitrogens with one attached hydrogen (secondary N) is 2. The van der Waals surface area contributed by atoms with Crippen LogP contribution in [-0.4, -0.2) is 41.7 Å². The minimum atomic E-state index is -1.00. The molecule has 1 rings (SSSR count). The number of nitrogens with two attached hydrogens (primary N) is 1. The highest BCUT2D eigenvalue weighted by atomic mass is 16.4. The fraction of sp³-hybridized carbons (Fsp3) is 0.846. The summed E-state index contributed by atoms with van der Waals surface area (Å²) in [5, 5.41) is 14.9. The molecule has 0 radical (unpaired) electrons. The maximum absolute atomic E-state index is 11.8. The van der Waals surface area contributed by atoms with Gasteiger partial charge in [0.1, 0.15) is 6.04 Å². The molecule has 0 bridgehead atoms. The smallest absolute Gasteiger partial charge is 0.326 e. The molecule has 19 heavy (non-hydrogen) atoms. The first kappa shape index (κ1) is 15.9. The maximum atomic E-state index is 11.8. The molecule has 0 aromatic carbocycles. The quantitative estimate of drug-likeness (QED) is 0.524. The lowest BCUT2D eigenvalue weighted by molar-refractivity contribution is -0.142. The van der Waals surface area contributed by atoms with Crippen LogP contribution in [0.4, 0.5) is 0 Å². The second-order valence-corrected chi connectivity index (χ2v) is 5.66. The third-order valence-corrected chi connectivity index (χ3v) is 3.36. The van der Waals surface area contributed by atoms with Crippen LogP contribution in [0.1, 0.15) is 39.5 Å². The number of carbonyl (C=O) groups is 2. The first-order chi connectivity index (χ1) is 8.90. The number of hydrogen-bond acceptors (Lipinski definition) is 4. The topological polar surface area (TPSA) is 104 Å². The molecule has 0 aliphatic carbocycles. The van der Waals surface area contributed by atoms with Gasteiger partial charge in [0.15, 0.2) is 0 Å². The molecular weight excluding hydrogens is 246 g/mol. The van der Waals surface area contributed by atoms with Crippen LogP contribution in [0.5, 0.6) is 0 Å². The molecule has 1 aliphatic heterocycles. The van der Waals surface area contributed by atoms with E-state index in [1.165, 1.54) is 0 Å². The fourth-order valence-corrected chi connectivity index (χ4v) is 2.36. The second-order valence-electron chi connectivity index (χ2n) is 5.66. The molecular formula is C13H25N3O3. The third-order valence-electron chi connectivity index (χ3n) is 3.36. The molecule has 1 heterocycles. The number of hydrogen-bond donors (Lipinski definition) is 4. The van der Waals surface area contributed by atoms with Crippen molar-refractivity contribution in [1.82, 2.24) is 10.6 Å². The molecule has 1 fully saturated rings. The summed E-state index contributed by atoms with van der Waals surface area (Å²) < 4.78 is 0. The number of amides is 1. The van der Waals surface area contributed by atoms with Gasteiger partial charge in [0.2, 0.25) is 5.91 Å². The molecule has 6 heteroatoms. The Morgan fingerprint density at radius 2 is 2.16 bits per heavy atom. The summed E-state index contributed by atoms with van der Waals surface area (Å²) in [6.07, 6.45) is 2.98. The van der Waals surface area contributed by atoms with E-state index in [4.69, 9.17) is 10.8 Å². The van der Waals surface area contributed by atoms with E-state index in [1.807, 2.05) is 13.8 Å². The van der Waals surface area contributed by atoms with Crippen LogP contribution in [0.2, 0.25) is 0 Å². The fourth-order valence-electron chi connectivity index (χ4n) is 2.36. The van der Waals surface area contributed by atoms with Gasteiger partial charge in [-0.1, -0.05) is 13.8 Å². The molecule has 110 valence electrons. The zero-order valence-electron chi connectivity index (χ0n) is 11.7. The SMILES string of the molecule is CC(C)C[C@H](N)C(=O)NC(CC1CCCN1)C(=O)O. The summed E-state index contributed by atoms with van der Waals surface area (Å²) in [5.41, 5.74) is 5.75. The van der Waals surface area contributed by atoms with Gasteiger partial charge in [0.25, 0.3) is 0 Å². The lowest BCUT2D eigenvalue weighted by Gasteiger charge is -2.21. The van der Waals surface area contributed by atoms with E-state index >= 15 is 0 Å². The van der Waals surface area contributed by atoms with Crippen molar-refractivity contribution in [3.05, 3.63) is 0 Å². The van der Waals surface area contributed by atoms with Crippen LogP contribution < -0.4 is 16.4 Å². The van der Waals surface area contributed by atoms with Crippen LogP contribution in [0.3, 0.4) is 0 Å². The number of carboxylic acid groups (broad SMARTS) is 1. The average molecular weight is 271 g/mol. The maximum Gasteiger partial charge on any atom is 0.326 e. The van der Waals surface area contributed by atoms with Crippen molar-refractivity contribution < 1.29 is 14.7 Å². The van der Waals surface area contributed by atoms with Gasteiger partial charge in [0.05, 0.1) is 6.04 Å². The molecule has 1 amide bonds. The molecule has 1 saturated heterocycles. The molecule has 0 spiro atoms. The zero-order valence-corrected chi connectivity index (χ0v) is 11.7. The van der Waals surface area contributed by atoms with E-state index in [-0.39, 0.29) is 11.9 Å². The highest BCUT2D eigenvalue weighted by Crippen LogP contribution is 2.12. The Bertz CT molecular complexity index is 314. The average Bonchev–Trinajstić information content (AvgIpc) is 2.79. The van der Waals surface area contributed by atoms with Crippen molar-refractivity contribution in [3.8, 4) is 0 Å². The van der Waals surface area contributed by atoms with Crippen molar-refractivity contribution in [3.63, 3.8) is 0 Å². The van der Waals surface area contributed by atoms with E-state index in [9.17, 15) is 9.59 Å². The Balaban J connectivity index is 2.47. The largest absolute Gasteiger partial charge is 0.480 e. The molecule has 2 unspecified atom stereocenters. The summed E-state index contributed by atoms with van der Waals surface area (Å²) >= 11 is 0. The van der Waals surface area contributed by atoms with E-state index in [0.717, 1.165) is 19.4 Å². The van der Waals surface area contributed by atoms with Crippen LogP contribution in [0, 0.1) is 5.92 Å². The summed E-state index contributed by atoms with van der Waals surface area (Å²) in [6, 6.07) is -1.33. The van der Waals surface area contributed by atoms with Crippen LogP contribution in [0.25, 0.3) is 0 Å². The van der Waals surface area contributed by atoms with E-state index < -0.39 is 18.1 Å². The van der Waals surface area contributed by atoms with Crippen molar-refractivity contribution in [2.24, 2.45) is 11.7 Å². The molecule has 0 saturated carbocycles. The summed E-state index contributed by atoms with van der Waals surface area (Å²) in [4.78, 5) is 23.0. The van der Waals surface area contributed by atoms with E-state index in [1.54, 1.807) is 0 Å². The van der Waals surface area contributed by atoms with Gasteiger partial charge in [-0.25, -0.2) is 4.79 Å². The van der Waals surface area contributed by atoms with Gasteiger partial charge >= 0.3 is 5.97 Å². The molecule has 1 aliphatic rings. The lowest BCUT2D eigenvalue weighted by Crippen LogP contribution is -2.50. The monoisotopic (exact) mass is 271 g/mol. The van der Waals surface area contributed by atoms with E-state index in [0.29, 0.717) is 18.8 Å². The van der Waals surface area contributed by atoms with Gasteiger partial charge in [-0.2, -0.15) is 0 Å². The van der Waals surface area contributed by atoms with Crippen LogP contribution in [-0.2, 0) is 9.59 Å². The zero-order chi connectivity index (χ0) is 14.4. The van der Waals surface area contributed by atoms with Crippen LogP contribution in [0.15, 0.2) is 0 Å². The van der Waals surface area contributed by atoms with Gasteiger partial charge in [-0.15, -0.1) is 0 Å². The predicted octanol–water partition coefficient (Wildman–Crippen LogP) is 0.0713. The normalized spacial score (nSPS) is 22.2. The number of carbonyl (C=O) groups excluding carboxylic acids is 1. The highest BCUT2D eigenvalue weighted by Gasteiger charge is 2.27. The number of carboxylic acids is 1. The summed E-state index contributed by atoms with van der Waals surface area (Å²) in [6.45, 7) is 4.87. The predicted molar refractivity (Wildman–Crippen MR) is 72.6 cm³/mol. The highest BCUT2D eigenvalue weighted by molar-refractivity contribution is 5.86. The van der Waals surface area contributed by atoms with Crippen molar-refractivity contribution >= 4 is 11.9 Å². The van der Waals surface area contributed by atoms with Crippen molar-refractivity contribution in [1.29, 1.82) is 0 Å².